The molecule has 1 aliphatic rings. The van der Waals surface area contributed by atoms with E-state index in [0.717, 1.165) is 12.1 Å². The number of hydrogen-bond acceptors (Lipinski definition) is 5. The van der Waals surface area contributed by atoms with Crippen molar-refractivity contribution in [2.24, 2.45) is 5.10 Å². The number of nitrogens with one attached hydrogen (secondary N) is 1. The first kappa shape index (κ1) is 22.4. The Morgan fingerprint density at radius 2 is 1.72 bits per heavy atom. The van der Waals surface area contributed by atoms with Gasteiger partial charge in [-0.3, -0.25) is 9.59 Å². The molecule has 0 saturated heterocycles. The van der Waals surface area contributed by atoms with Crippen LogP contribution in [0.4, 0.5) is 32.0 Å². The molecular formula is C17H15F6N3O3. The van der Waals surface area contributed by atoms with Gasteiger partial charge in [0.2, 0.25) is 0 Å². The Morgan fingerprint density at radius 1 is 1.17 bits per heavy atom. The highest BCUT2D eigenvalue weighted by molar-refractivity contribution is 5.98. The van der Waals surface area contributed by atoms with E-state index in [2.05, 4.69) is 10.4 Å². The number of nitrogens with zero attached hydrogens (tertiary/aromatic N) is 2. The first-order chi connectivity index (χ1) is 13.1. The Bertz CT molecular complexity index is 874. The minimum atomic E-state index is -5.14. The van der Waals surface area contributed by atoms with Gasteiger partial charge >= 0.3 is 12.4 Å². The van der Waals surface area contributed by atoms with E-state index in [1.54, 1.807) is 0 Å². The molecule has 0 aromatic heterocycles. The number of carbonyl (C=O) groups excluding carboxylic acids is 2. The number of allylic oxidation sites excluding steroid dienone is 2. The number of ketones is 1. The highest BCUT2D eigenvalue weighted by Crippen LogP contribution is 2.40. The number of anilines is 1. The molecule has 1 heterocycles. The van der Waals surface area contributed by atoms with Crippen LogP contribution in [0.25, 0.3) is 0 Å². The van der Waals surface area contributed by atoms with E-state index in [9.17, 15) is 41.0 Å². The maximum Gasteiger partial charge on any atom is 0.454 e. The lowest BCUT2D eigenvalue weighted by Crippen LogP contribution is -2.56. The zero-order chi connectivity index (χ0) is 22.2. The lowest BCUT2D eigenvalue weighted by Gasteiger charge is -2.32. The number of benzene rings is 1. The van der Waals surface area contributed by atoms with Crippen LogP contribution in [0.5, 0.6) is 0 Å². The molecule has 0 fully saturated rings. The number of amides is 1. The molecule has 1 aliphatic heterocycles. The summed E-state index contributed by atoms with van der Waals surface area (Å²) in [6.45, 7) is 2.43. The molecule has 2 rings (SSSR count). The van der Waals surface area contributed by atoms with Crippen molar-refractivity contribution in [1.29, 1.82) is 0 Å². The smallest absolute Gasteiger partial charge is 0.362 e. The zero-order valence-electron chi connectivity index (χ0n) is 15.0. The van der Waals surface area contributed by atoms with Crippen LogP contribution in [0.1, 0.15) is 30.6 Å². The van der Waals surface area contributed by atoms with Gasteiger partial charge in [0.05, 0.1) is 0 Å². The molecule has 1 atom stereocenters. The predicted molar refractivity (Wildman–Crippen MR) is 89.8 cm³/mol. The largest absolute Gasteiger partial charge is 0.454 e. The average Bonchev–Trinajstić information content (AvgIpc) is 2.89. The minimum Gasteiger partial charge on any atom is -0.362 e. The van der Waals surface area contributed by atoms with Gasteiger partial charge in [0, 0.05) is 35.2 Å². The van der Waals surface area contributed by atoms with E-state index in [-0.39, 0.29) is 27.7 Å². The third-order valence-electron chi connectivity index (χ3n) is 3.87. The molecular weight excluding hydrogens is 408 g/mol. The summed E-state index contributed by atoms with van der Waals surface area (Å²) in [6.07, 6.45) is -10.7. The van der Waals surface area contributed by atoms with Gasteiger partial charge < -0.3 is 10.4 Å². The number of rotatable bonds is 4. The maximum absolute atomic E-state index is 13.2. The molecule has 0 spiro atoms. The molecule has 158 valence electrons. The van der Waals surface area contributed by atoms with Crippen LogP contribution in [0.3, 0.4) is 0 Å². The van der Waals surface area contributed by atoms with Crippen LogP contribution in [-0.4, -0.2) is 45.6 Å². The molecule has 1 aromatic carbocycles. The van der Waals surface area contributed by atoms with E-state index in [1.807, 2.05) is 0 Å². The number of carbonyl (C=O) groups is 2. The standard InChI is InChI=1S/C17H15F6N3O3/c1-9(7-13(27)16(18,19)20)24-12-5-3-11(4-6-12)14(28)26-15(29,17(21,22)23)8-10(2)25-26/h3-7,24,29H,8H2,1-2H3/b9-7+/t15-/m1/s1. The topological polar surface area (TPSA) is 82.0 Å². The van der Waals surface area contributed by atoms with Gasteiger partial charge in [0.1, 0.15) is 0 Å². The van der Waals surface area contributed by atoms with Crippen LogP contribution in [0.15, 0.2) is 41.1 Å². The van der Waals surface area contributed by atoms with E-state index in [1.165, 1.54) is 26.0 Å². The number of halogens is 6. The molecule has 0 saturated carbocycles. The van der Waals surface area contributed by atoms with Gasteiger partial charge in [-0.15, -0.1) is 0 Å². The predicted octanol–water partition coefficient (Wildman–Crippen LogP) is 3.61. The average molecular weight is 423 g/mol. The molecule has 1 amide bonds. The number of hydrogen-bond donors (Lipinski definition) is 2. The lowest BCUT2D eigenvalue weighted by molar-refractivity contribution is -0.297. The highest BCUT2D eigenvalue weighted by atomic mass is 19.4. The Balaban J connectivity index is 2.19. The number of alkyl halides is 6. The molecule has 0 aliphatic carbocycles. The fourth-order valence-electron chi connectivity index (χ4n) is 2.51. The van der Waals surface area contributed by atoms with Crippen LogP contribution in [0.2, 0.25) is 0 Å². The van der Waals surface area contributed by atoms with Crippen molar-refractivity contribution in [1.82, 2.24) is 5.01 Å². The first-order valence-electron chi connectivity index (χ1n) is 7.99. The van der Waals surface area contributed by atoms with Crippen molar-refractivity contribution >= 4 is 23.1 Å². The molecule has 0 bridgehead atoms. The Kier molecular flexibility index (Phi) is 5.79. The van der Waals surface area contributed by atoms with Crippen molar-refractivity contribution < 1.29 is 41.0 Å². The van der Waals surface area contributed by atoms with Crippen molar-refractivity contribution in [2.75, 3.05) is 5.32 Å². The van der Waals surface area contributed by atoms with E-state index in [0.29, 0.717) is 6.08 Å². The van der Waals surface area contributed by atoms with E-state index in [4.69, 9.17) is 0 Å². The third kappa shape index (κ3) is 4.75. The molecule has 6 nitrogen and oxygen atoms in total. The van der Waals surface area contributed by atoms with Crippen molar-refractivity contribution in [3.63, 3.8) is 0 Å². The monoisotopic (exact) mass is 423 g/mol. The summed E-state index contributed by atoms with van der Waals surface area (Å²) in [5.74, 6) is -3.28. The quantitative estimate of drug-likeness (QED) is 0.573. The molecule has 29 heavy (non-hydrogen) atoms. The van der Waals surface area contributed by atoms with Crippen molar-refractivity contribution in [3.8, 4) is 0 Å². The van der Waals surface area contributed by atoms with Crippen LogP contribution in [-0.2, 0) is 4.79 Å². The molecule has 0 unspecified atom stereocenters. The summed E-state index contributed by atoms with van der Waals surface area (Å²) in [6, 6.07) is 4.62. The second-order valence-electron chi connectivity index (χ2n) is 6.34. The van der Waals surface area contributed by atoms with Gasteiger partial charge in [-0.05, 0) is 38.1 Å². The summed E-state index contributed by atoms with van der Waals surface area (Å²) >= 11 is 0. The first-order valence-corrected chi connectivity index (χ1v) is 7.99. The summed E-state index contributed by atoms with van der Waals surface area (Å²) in [5, 5.41) is 15.9. The van der Waals surface area contributed by atoms with Gasteiger partial charge in [-0.1, -0.05) is 0 Å². The molecule has 1 aromatic rings. The maximum atomic E-state index is 13.2. The van der Waals surface area contributed by atoms with Crippen LogP contribution < -0.4 is 5.32 Å². The van der Waals surface area contributed by atoms with Crippen molar-refractivity contribution in [2.45, 2.75) is 38.3 Å². The van der Waals surface area contributed by atoms with E-state index >= 15 is 0 Å². The summed E-state index contributed by atoms with van der Waals surface area (Å²) in [7, 11) is 0. The molecule has 2 N–H and O–H groups in total. The second kappa shape index (κ2) is 7.50. The fourth-order valence-corrected chi connectivity index (χ4v) is 2.51. The lowest BCUT2D eigenvalue weighted by atomic mass is 10.1. The Hall–Kier alpha value is -2.89. The summed E-state index contributed by atoms with van der Waals surface area (Å²) in [4.78, 5) is 23.3. The Labute approximate surface area is 160 Å². The second-order valence-corrected chi connectivity index (χ2v) is 6.34. The SMILES string of the molecule is CC1=NN(C(=O)c2ccc(N/C(C)=C/C(=O)C(F)(F)F)cc2)[C@](O)(C(F)(F)F)C1. The summed E-state index contributed by atoms with van der Waals surface area (Å²) in [5.41, 5.74) is -3.77. The fraction of sp³-hybridized carbons (Fsp3) is 0.353. The van der Waals surface area contributed by atoms with Crippen LogP contribution in [0, 0.1) is 0 Å². The highest BCUT2D eigenvalue weighted by Gasteiger charge is 2.62. The van der Waals surface area contributed by atoms with Crippen molar-refractivity contribution in [3.05, 3.63) is 41.6 Å². The minimum absolute atomic E-state index is 0.0437. The van der Waals surface area contributed by atoms with Gasteiger partial charge in [0.25, 0.3) is 17.4 Å². The van der Waals surface area contributed by atoms with Gasteiger partial charge in [0.15, 0.2) is 0 Å². The summed E-state index contributed by atoms with van der Waals surface area (Å²) < 4.78 is 76.3. The third-order valence-corrected chi connectivity index (χ3v) is 3.87. The molecule has 12 heteroatoms. The van der Waals surface area contributed by atoms with E-state index < -0.39 is 36.2 Å². The zero-order valence-corrected chi connectivity index (χ0v) is 15.0. The number of hydrazone groups is 1. The van der Waals surface area contributed by atoms with Gasteiger partial charge in [-0.2, -0.15) is 36.5 Å². The molecule has 0 radical (unpaired) electrons. The Morgan fingerprint density at radius 3 is 2.21 bits per heavy atom. The normalized spacial score (nSPS) is 20.5. The van der Waals surface area contributed by atoms with Gasteiger partial charge in [-0.25, -0.2) is 0 Å². The number of aliphatic hydroxyl groups is 1. The van der Waals surface area contributed by atoms with Crippen LogP contribution >= 0.6 is 0 Å².